The topological polar surface area (TPSA) is 99.8 Å². The van der Waals surface area contributed by atoms with E-state index in [0.717, 1.165) is 35.8 Å². The first-order valence-corrected chi connectivity index (χ1v) is 11.9. The van der Waals surface area contributed by atoms with Crippen molar-refractivity contribution in [1.29, 1.82) is 0 Å². The van der Waals surface area contributed by atoms with Gasteiger partial charge in [0, 0.05) is 25.3 Å². The lowest BCUT2D eigenvalue weighted by Crippen LogP contribution is -2.50. The highest BCUT2D eigenvalue weighted by molar-refractivity contribution is 5.97. The molecule has 2 atom stereocenters. The van der Waals surface area contributed by atoms with E-state index in [4.69, 9.17) is 4.74 Å². The van der Waals surface area contributed by atoms with Crippen molar-refractivity contribution in [2.75, 3.05) is 31.5 Å². The fraction of sp³-hybridized carbons (Fsp3) is 0.500. The van der Waals surface area contributed by atoms with Gasteiger partial charge >= 0.3 is 6.09 Å². The molecule has 0 aliphatic carbocycles. The maximum Gasteiger partial charge on any atom is 0.407 e. The van der Waals surface area contributed by atoms with Gasteiger partial charge in [0.05, 0.1) is 12.0 Å². The molecule has 0 aromatic heterocycles. The van der Waals surface area contributed by atoms with Gasteiger partial charge in [0.1, 0.15) is 5.60 Å². The number of benzene rings is 2. The predicted molar refractivity (Wildman–Crippen MR) is 134 cm³/mol. The van der Waals surface area contributed by atoms with Crippen LogP contribution < -0.4 is 16.0 Å². The minimum atomic E-state index is -0.559. The fourth-order valence-electron chi connectivity index (χ4n) is 4.06. The molecule has 8 heteroatoms. The summed E-state index contributed by atoms with van der Waals surface area (Å²) in [4.78, 5) is 39.3. The zero-order valence-electron chi connectivity index (χ0n) is 20.5. The third-order valence-electron chi connectivity index (χ3n) is 5.86. The first-order chi connectivity index (χ1) is 16.1. The second-order valence-electron chi connectivity index (χ2n) is 9.78. The molecule has 1 saturated heterocycles. The molecular weight excluding hydrogens is 432 g/mol. The van der Waals surface area contributed by atoms with Crippen molar-refractivity contribution in [2.24, 2.45) is 5.92 Å². The van der Waals surface area contributed by atoms with Crippen LogP contribution in [0.2, 0.25) is 0 Å². The highest BCUT2D eigenvalue weighted by atomic mass is 16.6. The number of alkyl carbamates (subject to hydrolysis) is 1. The normalized spacial score (nSPS) is 17.6. The molecular formula is C26H36N4O4. The van der Waals surface area contributed by atoms with E-state index < -0.39 is 11.7 Å². The average Bonchev–Trinajstić information content (AvgIpc) is 2.80. The zero-order valence-corrected chi connectivity index (χ0v) is 20.5. The van der Waals surface area contributed by atoms with Crippen molar-refractivity contribution < 1.29 is 19.1 Å². The van der Waals surface area contributed by atoms with Gasteiger partial charge in [-0.2, -0.15) is 0 Å². The number of carbonyl (C=O) groups excluding carboxylic acids is 3. The SMILES string of the molecule is CC(C(=O)Nc1ccc2ccccc2c1)N1CCCC(C(=O)NCCNC(=O)OC(C)(C)C)C1. The van der Waals surface area contributed by atoms with Gasteiger partial charge in [-0.1, -0.05) is 30.3 Å². The molecule has 34 heavy (non-hydrogen) atoms. The number of amides is 3. The standard InChI is InChI=1S/C26H36N4O4/c1-18(23(31)29-22-12-11-19-8-5-6-9-20(19)16-22)30-15-7-10-21(17-30)24(32)27-13-14-28-25(33)34-26(2,3)4/h5-6,8-9,11-12,16,18,21H,7,10,13-15,17H2,1-4H3,(H,27,32)(H,28,33)(H,29,31). The van der Waals surface area contributed by atoms with Crippen molar-refractivity contribution in [3.8, 4) is 0 Å². The van der Waals surface area contributed by atoms with Gasteiger partial charge in [-0.25, -0.2) is 4.79 Å². The van der Waals surface area contributed by atoms with Crippen molar-refractivity contribution in [2.45, 2.75) is 52.2 Å². The molecule has 2 unspecified atom stereocenters. The van der Waals surface area contributed by atoms with E-state index in [1.807, 2.05) is 49.4 Å². The van der Waals surface area contributed by atoms with Crippen LogP contribution in [0.5, 0.6) is 0 Å². The quantitative estimate of drug-likeness (QED) is 0.540. The molecule has 0 saturated carbocycles. The Hall–Kier alpha value is -3.13. The largest absolute Gasteiger partial charge is 0.444 e. The zero-order chi connectivity index (χ0) is 24.7. The maximum atomic E-state index is 12.9. The first-order valence-electron chi connectivity index (χ1n) is 11.9. The molecule has 1 fully saturated rings. The van der Waals surface area contributed by atoms with Gasteiger partial charge in [0.15, 0.2) is 0 Å². The lowest BCUT2D eigenvalue weighted by molar-refractivity contribution is -0.129. The summed E-state index contributed by atoms with van der Waals surface area (Å²) in [6, 6.07) is 13.5. The van der Waals surface area contributed by atoms with Crippen LogP contribution in [0.3, 0.4) is 0 Å². The summed E-state index contributed by atoms with van der Waals surface area (Å²) < 4.78 is 5.18. The summed E-state index contributed by atoms with van der Waals surface area (Å²) in [5, 5.41) is 10.7. The molecule has 184 valence electrons. The van der Waals surface area contributed by atoms with Crippen LogP contribution in [-0.4, -0.2) is 60.6 Å². The second kappa shape index (κ2) is 11.3. The van der Waals surface area contributed by atoms with Gasteiger partial charge in [0.2, 0.25) is 11.8 Å². The number of anilines is 1. The summed E-state index contributed by atoms with van der Waals surface area (Å²) in [7, 11) is 0. The predicted octanol–water partition coefficient (Wildman–Crippen LogP) is 3.52. The van der Waals surface area contributed by atoms with Gasteiger partial charge < -0.3 is 20.7 Å². The van der Waals surface area contributed by atoms with E-state index >= 15 is 0 Å². The molecule has 1 aliphatic rings. The van der Waals surface area contributed by atoms with Crippen LogP contribution in [0.1, 0.15) is 40.5 Å². The summed E-state index contributed by atoms with van der Waals surface area (Å²) in [6.45, 7) is 9.19. The fourth-order valence-corrected chi connectivity index (χ4v) is 4.06. The van der Waals surface area contributed by atoms with Crippen molar-refractivity contribution in [3.63, 3.8) is 0 Å². The molecule has 2 aromatic carbocycles. The maximum absolute atomic E-state index is 12.9. The van der Waals surface area contributed by atoms with E-state index in [1.54, 1.807) is 20.8 Å². The Kier molecular flexibility index (Phi) is 8.50. The Morgan fingerprint density at radius 1 is 1.06 bits per heavy atom. The number of ether oxygens (including phenoxy) is 1. The lowest BCUT2D eigenvalue weighted by Gasteiger charge is -2.35. The number of nitrogens with zero attached hydrogens (tertiary/aromatic N) is 1. The number of hydrogen-bond acceptors (Lipinski definition) is 5. The first kappa shape index (κ1) is 25.5. The molecule has 3 rings (SSSR count). The number of carbonyl (C=O) groups is 3. The molecule has 0 spiro atoms. The van der Waals surface area contributed by atoms with Gasteiger partial charge in [-0.3, -0.25) is 14.5 Å². The number of piperidine rings is 1. The Balaban J connectivity index is 1.45. The molecule has 3 N–H and O–H groups in total. The van der Waals surface area contributed by atoms with Crippen LogP contribution in [-0.2, 0) is 14.3 Å². The van der Waals surface area contributed by atoms with Crippen LogP contribution in [0.25, 0.3) is 10.8 Å². The number of nitrogens with one attached hydrogen (secondary N) is 3. The summed E-state index contributed by atoms with van der Waals surface area (Å²) in [6.07, 6.45) is 1.12. The third kappa shape index (κ3) is 7.45. The lowest BCUT2D eigenvalue weighted by atomic mass is 9.96. The van der Waals surface area contributed by atoms with Crippen molar-refractivity contribution >= 4 is 34.4 Å². The molecule has 3 amide bonds. The summed E-state index contributed by atoms with van der Waals surface area (Å²) in [5.74, 6) is -0.332. The molecule has 8 nitrogen and oxygen atoms in total. The van der Waals surface area contributed by atoms with Crippen LogP contribution in [0.15, 0.2) is 42.5 Å². The van der Waals surface area contributed by atoms with Crippen LogP contribution in [0.4, 0.5) is 10.5 Å². The molecule has 2 aromatic rings. The second-order valence-corrected chi connectivity index (χ2v) is 9.78. The number of hydrogen-bond donors (Lipinski definition) is 3. The van der Waals surface area contributed by atoms with E-state index in [-0.39, 0.29) is 23.8 Å². The van der Waals surface area contributed by atoms with Gasteiger partial charge in [0.25, 0.3) is 0 Å². The monoisotopic (exact) mass is 468 g/mol. The number of fused-ring (bicyclic) bond motifs is 1. The van der Waals surface area contributed by atoms with E-state index in [0.29, 0.717) is 19.6 Å². The number of likely N-dealkylation sites (tertiary alicyclic amines) is 1. The molecule has 1 aliphatic heterocycles. The minimum Gasteiger partial charge on any atom is -0.444 e. The van der Waals surface area contributed by atoms with E-state index in [9.17, 15) is 14.4 Å². The highest BCUT2D eigenvalue weighted by Gasteiger charge is 2.30. The average molecular weight is 469 g/mol. The minimum absolute atomic E-state index is 0.0576. The highest BCUT2D eigenvalue weighted by Crippen LogP contribution is 2.21. The Labute approximate surface area is 201 Å². The van der Waals surface area contributed by atoms with Gasteiger partial charge in [-0.05, 0) is 70.0 Å². The third-order valence-corrected chi connectivity index (χ3v) is 5.86. The Morgan fingerprint density at radius 2 is 1.76 bits per heavy atom. The molecule has 0 radical (unpaired) electrons. The Bertz CT molecular complexity index is 1020. The van der Waals surface area contributed by atoms with Crippen molar-refractivity contribution in [1.82, 2.24) is 15.5 Å². The van der Waals surface area contributed by atoms with E-state index in [1.165, 1.54) is 0 Å². The van der Waals surface area contributed by atoms with E-state index in [2.05, 4.69) is 20.9 Å². The number of rotatable bonds is 7. The van der Waals surface area contributed by atoms with Crippen molar-refractivity contribution in [3.05, 3.63) is 42.5 Å². The van der Waals surface area contributed by atoms with Crippen LogP contribution >= 0.6 is 0 Å². The smallest absolute Gasteiger partial charge is 0.407 e. The summed E-state index contributed by atoms with van der Waals surface area (Å²) >= 11 is 0. The summed E-state index contributed by atoms with van der Waals surface area (Å²) in [5.41, 5.74) is 0.204. The van der Waals surface area contributed by atoms with Gasteiger partial charge in [-0.15, -0.1) is 0 Å². The van der Waals surface area contributed by atoms with Crippen LogP contribution in [0, 0.1) is 5.92 Å². The molecule has 1 heterocycles. The molecule has 0 bridgehead atoms. The Morgan fingerprint density at radius 3 is 2.50 bits per heavy atom.